The van der Waals surface area contributed by atoms with Crippen molar-refractivity contribution in [1.82, 2.24) is 9.96 Å². The van der Waals surface area contributed by atoms with Gasteiger partial charge in [0.2, 0.25) is 10.4 Å². The van der Waals surface area contributed by atoms with Gasteiger partial charge >= 0.3 is 65.1 Å². The maximum absolute atomic E-state index is 11.7. The van der Waals surface area contributed by atoms with Crippen molar-refractivity contribution in [2.45, 2.75) is 24.9 Å². The largest absolute Gasteiger partial charge is 1.00 e. The second-order valence-electron chi connectivity index (χ2n) is 3.85. The monoisotopic (exact) mass is 309 g/mol. The Labute approximate surface area is 154 Å². The van der Waals surface area contributed by atoms with Gasteiger partial charge in [0, 0.05) is 6.54 Å². The van der Waals surface area contributed by atoms with Gasteiger partial charge < -0.3 is 20.0 Å². The van der Waals surface area contributed by atoms with E-state index in [0.29, 0.717) is 11.5 Å². The number of fused-ring (bicyclic) bond motifs is 2. The van der Waals surface area contributed by atoms with Crippen LogP contribution in [0.4, 0.5) is 4.79 Å². The number of hydrogen-bond donors (Lipinski definition) is 1. The van der Waals surface area contributed by atoms with Gasteiger partial charge in [-0.05, 0) is 18.7 Å². The summed E-state index contributed by atoms with van der Waals surface area (Å²) in [6, 6.07) is -2.32. The van der Waals surface area contributed by atoms with Crippen molar-refractivity contribution in [2.75, 3.05) is 6.54 Å². The van der Waals surface area contributed by atoms with Gasteiger partial charge in [0.05, 0.1) is 12.1 Å². The van der Waals surface area contributed by atoms with E-state index in [1.165, 1.54) is 0 Å². The molecule has 0 aliphatic carbocycles. The summed E-state index contributed by atoms with van der Waals surface area (Å²) in [5.41, 5.74) is 0. The maximum atomic E-state index is 11.7. The zero-order valence-corrected chi connectivity index (χ0v) is 15.3. The molecule has 2 atom stereocenters. The van der Waals surface area contributed by atoms with Crippen molar-refractivity contribution < 1.29 is 86.3 Å². The second kappa shape index (κ2) is 7.05. The number of hydroxylamine groups is 2. The van der Waals surface area contributed by atoms with E-state index in [4.69, 9.17) is 5.41 Å². The molecule has 0 saturated carbocycles. The summed E-state index contributed by atoms with van der Waals surface area (Å²) in [7, 11) is -5.02. The first-order valence-electron chi connectivity index (χ1n) is 4.80. The van der Waals surface area contributed by atoms with Gasteiger partial charge in [-0.25, -0.2) is 13.2 Å². The minimum Gasteiger partial charge on any atom is -0.861 e. The molecule has 2 rings (SSSR count). The first-order valence-corrected chi connectivity index (χ1v) is 6.13. The van der Waals surface area contributed by atoms with Gasteiger partial charge in [-0.1, -0.05) is 0 Å². The molecule has 9 nitrogen and oxygen atoms in total. The minimum atomic E-state index is -5.02. The Balaban J connectivity index is 0.00000162. The number of piperidine rings is 1. The molecule has 2 saturated heterocycles. The fraction of sp³-hybridized carbons (Fsp3) is 0.714. The normalized spacial score (nSPS) is 25.6. The van der Waals surface area contributed by atoms with Crippen molar-refractivity contribution in [3.63, 3.8) is 0 Å². The van der Waals surface area contributed by atoms with Crippen LogP contribution < -0.4 is 64.2 Å². The molecule has 2 fully saturated rings. The molecular weight excluding hydrogens is 300 g/mol. The van der Waals surface area contributed by atoms with Crippen molar-refractivity contribution in [3.8, 4) is 0 Å². The van der Waals surface area contributed by atoms with E-state index >= 15 is 0 Å². The first-order chi connectivity index (χ1) is 7.79. The van der Waals surface area contributed by atoms with Gasteiger partial charge in [-0.15, -0.1) is 0 Å². The fourth-order valence-corrected chi connectivity index (χ4v) is 2.48. The van der Waals surface area contributed by atoms with Crippen molar-refractivity contribution in [2.24, 2.45) is 0 Å². The Bertz CT molecular complexity index is 471. The molecule has 2 amide bonds. The van der Waals surface area contributed by atoms with Crippen LogP contribution in [0.5, 0.6) is 0 Å². The van der Waals surface area contributed by atoms with Crippen LogP contribution in [0, 0.1) is 5.41 Å². The molecule has 0 aromatic rings. The van der Waals surface area contributed by atoms with E-state index in [9.17, 15) is 22.9 Å². The number of carbonyl (C=O) groups excluding carboxylic acids is 1. The van der Waals surface area contributed by atoms with Crippen LogP contribution in [0.2, 0.25) is 0 Å². The third-order valence-corrected chi connectivity index (χ3v) is 3.14. The number of amides is 2. The van der Waals surface area contributed by atoms with Gasteiger partial charge in [-0.3, -0.25) is 0 Å². The van der Waals surface area contributed by atoms with Gasteiger partial charge in [-0.2, -0.15) is 9.35 Å². The first kappa shape index (κ1) is 19.6. The SMILES string of the molecule is N=C([O-])[C@H]1CC[C@@H]2CN1C(=O)N2OS(=O)(=O)[O-].[Na+].[Na+]. The Morgan fingerprint density at radius 3 is 2.42 bits per heavy atom. The van der Waals surface area contributed by atoms with Crippen LogP contribution in [0.25, 0.3) is 0 Å². The van der Waals surface area contributed by atoms with Gasteiger partial charge in [0.1, 0.15) is 0 Å². The molecule has 12 heteroatoms. The molecule has 2 heterocycles. The molecule has 0 radical (unpaired) electrons. The van der Waals surface area contributed by atoms with E-state index < -0.39 is 34.4 Å². The van der Waals surface area contributed by atoms with E-state index in [2.05, 4.69) is 4.28 Å². The van der Waals surface area contributed by atoms with E-state index in [1.54, 1.807) is 0 Å². The predicted octanol–water partition coefficient (Wildman–Crippen LogP) is -8.01. The van der Waals surface area contributed by atoms with Crippen LogP contribution >= 0.6 is 0 Å². The maximum Gasteiger partial charge on any atom is 1.00 e. The van der Waals surface area contributed by atoms with E-state index in [1.807, 2.05) is 0 Å². The molecule has 2 aliphatic rings. The number of carbonyl (C=O) groups is 1. The van der Waals surface area contributed by atoms with Crippen LogP contribution in [-0.4, -0.2) is 53.5 Å². The summed E-state index contributed by atoms with van der Waals surface area (Å²) >= 11 is 0. The Kier molecular flexibility index (Phi) is 7.28. The second-order valence-corrected chi connectivity index (χ2v) is 4.82. The van der Waals surface area contributed by atoms with Crippen molar-refractivity contribution in [3.05, 3.63) is 0 Å². The average molecular weight is 309 g/mol. The quantitative estimate of drug-likeness (QED) is 0.181. The molecule has 0 unspecified atom stereocenters. The number of urea groups is 1. The summed E-state index contributed by atoms with van der Waals surface area (Å²) in [6.45, 7) is 0.0869. The molecule has 1 N–H and O–H groups in total. The number of hydrogen-bond acceptors (Lipinski definition) is 7. The molecule has 96 valence electrons. The summed E-state index contributed by atoms with van der Waals surface area (Å²) in [6.07, 6.45) is 0.574. The fourth-order valence-electron chi connectivity index (χ4n) is 2.10. The Morgan fingerprint density at radius 2 is 1.95 bits per heavy atom. The molecule has 0 aromatic heterocycles. The summed E-state index contributed by atoms with van der Waals surface area (Å²) < 4.78 is 35.4. The number of nitrogens with one attached hydrogen (secondary N) is 1. The summed E-state index contributed by atoms with van der Waals surface area (Å²) in [5, 5.41) is 18.4. The Hall–Kier alpha value is 0.610. The van der Waals surface area contributed by atoms with Crippen molar-refractivity contribution in [1.29, 1.82) is 5.41 Å². The van der Waals surface area contributed by atoms with Crippen LogP contribution in [0.1, 0.15) is 12.8 Å². The molecule has 0 aromatic carbocycles. The van der Waals surface area contributed by atoms with Crippen LogP contribution in [-0.2, 0) is 14.7 Å². The molecule has 0 spiro atoms. The van der Waals surface area contributed by atoms with E-state index in [-0.39, 0.29) is 72.1 Å². The summed E-state index contributed by atoms with van der Waals surface area (Å²) in [5.74, 6) is -0.913. The molecule has 19 heavy (non-hydrogen) atoms. The zero-order chi connectivity index (χ0) is 12.8. The topological polar surface area (TPSA) is 137 Å². The van der Waals surface area contributed by atoms with Gasteiger partial charge in [0.15, 0.2) is 0 Å². The number of nitrogens with zero attached hydrogens (tertiary/aromatic N) is 2. The zero-order valence-electron chi connectivity index (χ0n) is 10.5. The molecule has 2 bridgehead atoms. The van der Waals surface area contributed by atoms with E-state index in [0.717, 1.165) is 4.90 Å². The van der Waals surface area contributed by atoms with Crippen LogP contribution in [0.3, 0.4) is 0 Å². The summed E-state index contributed by atoms with van der Waals surface area (Å²) in [4.78, 5) is 12.7. The minimum absolute atomic E-state index is 0. The predicted molar refractivity (Wildman–Crippen MR) is 49.3 cm³/mol. The standard InChI is InChI=1S/C7H11N3O6S.2Na/c8-6(11)5-2-1-4-3-9(5)7(12)10(4)16-17(13,14)15;;/h4-5H,1-3H2,(H2,8,11)(H,13,14,15);;/q;2*+1/p-2/t4-,5-;;/m1../s1. The van der Waals surface area contributed by atoms with Gasteiger partial charge in [0.25, 0.3) is 0 Å². The smallest absolute Gasteiger partial charge is 0.861 e. The van der Waals surface area contributed by atoms with Crippen molar-refractivity contribution >= 4 is 22.3 Å². The third kappa shape index (κ3) is 4.29. The third-order valence-electron chi connectivity index (χ3n) is 2.80. The average Bonchev–Trinajstić information content (AvgIpc) is 2.42. The number of rotatable bonds is 3. The Morgan fingerprint density at radius 1 is 1.37 bits per heavy atom. The van der Waals surface area contributed by atoms with Crippen LogP contribution in [0.15, 0.2) is 0 Å². The molecule has 2 aliphatic heterocycles. The molecular formula is C7H9N3Na2O6S.